The SMILES string of the molecule is CCNC(C)c1cccc(S(=O)(=O)Nc2nc(C)cs2)c1. The molecule has 1 atom stereocenters. The quantitative estimate of drug-likeness (QED) is 0.856. The van der Waals surface area contributed by atoms with Crippen molar-refractivity contribution in [1.29, 1.82) is 0 Å². The molecular formula is C14H19N3O2S2. The monoisotopic (exact) mass is 325 g/mol. The summed E-state index contributed by atoms with van der Waals surface area (Å²) in [5, 5.41) is 5.46. The van der Waals surface area contributed by atoms with Gasteiger partial charge in [-0.3, -0.25) is 4.72 Å². The average molecular weight is 325 g/mol. The van der Waals surface area contributed by atoms with E-state index in [0.717, 1.165) is 17.8 Å². The molecule has 0 spiro atoms. The minimum absolute atomic E-state index is 0.104. The van der Waals surface area contributed by atoms with E-state index in [0.29, 0.717) is 5.13 Å². The molecule has 0 aliphatic carbocycles. The van der Waals surface area contributed by atoms with Gasteiger partial charge in [-0.25, -0.2) is 13.4 Å². The summed E-state index contributed by atoms with van der Waals surface area (Å²) in [6.07, 6.45) is 0. The van der Waals surface area contributed by atoms with Crippen molar-refractivity contribution in [2.24, 2.45) is 0 Å². The molecular weight excluding hydrogens is 306 g/mol. The molecule has 21 heavy (non-hydrogen) atoms. The highest BCUT2D eigenvalue weighted by Crippen LogP contribution is 2.22. The van der Waals surface area contributed by atoms with Crippen LogP contribution in [0.4, 0.5) is 5.13 Å². The zero-order valence-electron chi connectivity index (χ0n) is 12.3. The number of nitrogens with zero attached hydrogens (tertiary/aromatic N) is 1. The Labute approximate surface area is 129 Å². The van der Waals surface area contributed by atoms with Crippen molar-refractivity contribution in [1.82, 2.24) is 10.3 Å². The van der Waals surface area contributed by atoms with E-state index in [4.69, 9.17) is 0 Å². The molecule has 114 valence electrons. The molecule has 2 rings (SSSR count). The molecule has 0 amide bonds. The predicted octanol–water partition coefficient (Wildman–Crippen LogP) is 2.92. The number of hydrogen-bond donors (Lipinski definition) is 2. The van der Waals surface area contributed by atoms with Gasteiger partial charge in [0.2, 0.25) is 0 Å². The van der Waals surface area contributed by atoms with Crippen molar-refractivity contribution in [2.45, 2.75) is 31.7 Å². The first-order valence-electron chi connectivity index (χ1n) is 6.70. The summed E-state index contributed by atoms with van der Waals surface area (Å²) in [4.78, 5) is 4.37. The summed E-state index contributed by atoms with van der Waals surface area (Å²) in [7, 11) is -3.60. The number of anilines is 1. The molecule has 0 radical (unpaired) electrons. The van der Waals surface area contributed by atoms with Crippen LogP contribution in [-0.2, 0) is 10.0 Å². The molecule has 1 unspecified atom stereocenters. The molecule has 1 aromatic heterocycles. The van der Waals surface area contributed by atoms with Crippen molar-refractivity contribution in [3.63, 3.8) is 0 Å². The third kappa shape index (κ3) is 4.03. The maximum atomic E-state index is 12.4. The fraction of sp³-hybridized carbons (Fsp3) is 0.357. The lowest BCUT2D eigenvalue weighted by atomic mass is 10.1. The number of aromatic nitrogens is 1. The summed E-state index contributed by atoms with van der Waals surface area (Å²) in [6.45, 7) is 6.68. The molecule has 0 saturated carbocycles. The number of aryl methyl sites for hydroxylation is 1. The lowest BCUT2D eigenvalue weighted by Gasteiger charge is -2.14. The number of rotatable bonds is 6. The van der Waals surface area contributed by atoms with Gasteiger partial charge in [0.05, 0.1) is 10.6 Å². The van der Waals surface area contributed by atoms with Gasteiger partial charge >= 0.3 is 0 Å². The van der Waals surface area contributed by atoms with E-state index in [1.54, 1.807) is 18.2 Å². The van der Waals surface area contributed by atoms with Crippen LogP contribution >= 0.6 is 11.3 Å². The van der Waals surface area contributed by atoms with Gasteiger partial charge in [-0.1, -0.05) is 19.1 Å². The van der Waals surface area contributed by atoms with Crippen LogP contribution in [0.2, 0.25) is 0 Å². The molecule has 5 nitrogen and oxygen atoms in total. The van der Waals surface area contributed by atoms with Crippen molar-refractivity contribution >= 4 is 26.5 Å². The zero-order chi connectivity index (χ0) is 15.5. The highest BCUT2D eigenvalue weighted by Gasteiger charge is 2.17. The highest BCUT2D eigenvalue weighted by atomic mass is 32.2. The molecule has 0 aliphatic heterocycles. The topological polar surface area (TPSA) is 71.1 Å². The number of sulfonamides is 1. The lowest BCUT2D eigenvalue weighted by Crippen LogP contribution is -2.18. The Morgan fingerprint density at radius 1 is 1.38 bits per heavy atom. The fourth-order valence-electron chi connectivity index (χ4n) is 1.95. The van der Waals surface area contributed by atoms with E-state index in [1.807, 2.05) is 32.2 Å². The van der Waals surface area contributed by atoms with Crippen LogP contribution < -0.4 is 10.0 Å². The fourth-order valence-corrected chi connectivity index (χ4v) is 3.95. The van der Waals surface area contributed by atoms with Crippen molar-refractivity contribution in [2.75, 3.05) is 11.3 Å². The first-order chi connectivity index (χ1) is 9.92. The summed E-state index contributed by atoms with van der Waals surface area (Å²) in [6, 6.07) is 7.05. The third-order valence-corrected chi connectivity index (χ3v) is 5.36. The third-order valence-electron chi connectivity index (χ3n) is 3.02. The van der Waals surface area contributed by atoms with Crippen LogP contribution in [0.25, 0.3) is 0 Å². The van der Waals surface area contributed by atoms with Gasteiger partial charge in [0, 0.05) is 11.4 Å². The molecule has 1 aromatic carbocycles. The van der Waals surface area contributed by atoms with Crippen LogP contribution in [0.15, 0.2) is 34.5 Å². The van der Waals surface area contributed by atoms with Crippen molar-refractivity contribution in [3.8, 4) is 0 Å². The van der Waals surface area contributed by atoms with Gasteiger partial charge in [0.1, 0.15) is 0 Å². The molecule has 0 bridgehead atoms. The van der Waals surface area contributed by atoms with Crippen LogP contribution in [-0.4, -0.2) is 19.9 Å². The predicted molar refractivity (Wildman–Crippen MR) is 86.2 cm³/mol. The largest absolute Gasteiger partial charge is 0.310 e. The van der Waals surface area contributed by atoms with Gasteiger partial charge < -0.3 is 5.32 Å². The summed E-state index contributed by atoms with van der Waals surface area (Å²) < 4.78 is 27.3. The summed E-state index contributed by atoms with van der Waals surface area (Å²) in [5.74, 6) is 0. The zero-order valence-corrected chi connectivity index (χ0v) is 13.9. The minimum Gasteiger partial charge on any atom is -0.310 e. The molecule has 2 aromatic rings. The van der Waals surface area contributed by atoms with Gasteiger partial charge in [0.25, 0.3) is 10.0 Å². The van der Waals surface area contributed by atoms with Crippen molar-refractivity contribution < 1.29 is 8.42 Å². The van der Waals surface area contributed by atoms with Gasteiger partial charge in [0.15, 0.2) is 5.13 Å². The molecule has 2 N–H and O–H groups in total. The Morgan fingerprint density at radius 3 is 2.76 bits per heavy atom. The van der Waals surface area contributed by atoms with Gasteiger partial charge in [-0.05, 0) is 38.1 Å². The normalized spacial score (nSPS) is 13.1. The maximum absolute atomic E-state index is 12.4. The smallest absolute Gasteiger partial charge is 0.263 e. The molecule has 0 fully saturated rings. The number of hydrogen-bond acceptors (Lipinski definition) is 5. The number of benzene rings is 1. The van der Waals surface area contributed by atoms with E-state index < -0.39 is 10.0 Å². The Kier molecular flexibility index (Phi) is 4.97. The van der Waals surface area contributed by atoms with E-state index >= 15 is 0 Å². The first kappa shape index (κ1) is 15.9. The van der Waals surface area contributed by atoms with Crippen LogP contribution in [0.1, 0.15) is 31.1 Å². The average Bonchev–Trinajstić information content (AvgIpc) is 2.84. The molecule has 7 heteroatoms. The van der Waals surface area contributed by atoms with Gasteiger partial charge in [-0.15, -0.1) is 11.3 Å². The Bertz CT molecular complexity index is 711. The second-order valence-electron chi connectivity index (χ2n) is 4.75. The minimum atomic E-state index is -3.60. The summed E-state index contributed by atoms with van der Waals surface area (Å²) in [5.41, 5.74) is 1.74. The molecule has 1 heterocycles. The summed E-state index contributed by atoms with van der Waals surface area (Å²) >= 11 is 1.28. The number of thiazole rings is 1. The van der Waals surface area contributed by atoms with Crippen LogP contribution in [0.5, 0.6) is 0 Å². The maximum Gasteiger partial charge on any atom is 0.263 e. The van der Waals surface area contributed by atoms with Crippen molar-refractivity contribution in [3.05, 3.63) is 40.9 Å². The second kappa shape index (κ2) is 6.55. The van der Waals surface area contributed by atoms with Crippen LogP contribution in [0, 0.1) is 6.92 Å². The van der Waals surface area contributed by atoms with E-state index in [-0.39, 0.29) is 10.9 Å². The van der Waals surface area contributed by atoms with E-state index in [1.165, 1.54) is 11.3 Å². The first-order valence-corrected chi connectivity index (χ1v) is 9.07. The van der Waals surface area contributed by atoms with Gasteiger partial charge in [-0.2, -0.15) is 0 Å². The van der Waals surface area contributed by atoms with E-state index in [2.05, 4.69) is 15.0 Å². The molecule has 0 saturated heterocycles. The standard InChI is InChI=1S/C14H19N3O2S2/c1-4-15-11(3)12-6-5-7-13(8-12)21(18,19)17-14-16-10(2)9-20-14/h5-9,11,15H,4H2,1-3H3,(H,16,17). The van der Waals surface area contributed by atoms with E-state index in [9.17, 15) is 8.42 Å². The number of nitrogens with one attached hydrogen (secondary N) is 2. The van der Waals surface area contributed by atoms with Crippen LogP contribution in [0.3, 0.4) is 0 Å². The Hall–Kier alpha value is -1.44. The lowest BCUT2D eigenvalue weighted by molar-refractivity contribution is 0.592. The highest BCUT2D eigenvalue weighted by molar-refractivity contribution is 7.93. The second-order valence-corrected chi connectivity index (χ2v) is 7.29. The Morgan fingerprint density at radius 2 is 2.14 bits per heavy atom. The molecule has 0 aliphatic rings. The Balaban J connectivity index is 2.25.